The lowest BCUT2D eigenvalue weighted by molar-refractivity contribution is 0.150. The van der Waals surface area contributed by atoms with E-state index in [9.17, 15) is 0 Å². The van der Waals surface area contributed by atoms with Crippen molar-refractivity contribution in [3.05, 3.63) is 30.3 Å². The molecule has 158 valence electrons. The van der Waals surface area contributed by atoms with E-state index in [-0.39, 0.29) is 30.1 Å². The van der Waals surface area contributed by atoms with Crippen LogP contribution in [-0.2, 0) is 0 Å². The molecule has 1 aliphatic heterocycles. The Morgan fingerprint density at radius 3 is 2.46 bits per heavy atom. The van der Waals surface area contributed by atoms with Crippen molar-refractivity contribution in [1.29, 1.82) is 0 Å². The highest BCUT2D eigenvalue weighted by molar-refractivity contribution is 14.0. The second kappa shape index (κ2) is 12.5. The quantitative estimate of drug-likeness (QED) is 0.337. The summed E-state index contributed by atoms with van der Waals surface area (Å²) in [6, 6.07) is 11.3. The zero-order valence-electron chi connectivity index (χ0n) is 17.4. The molecule has 2 aliphatic rings. The Balaban J connectivity index is 0.00000280. The van der Waals surface area contributed by atoms with E-state index in [4.69, 9.17) is 9.73 Å². The topological polar surface area (TPSA) is 48.9 Å². The molecule has 6 heteroatoms. The first-order valence-electron chi connectivity index (χ1n) is 10.7. The molecule has 0 bridgehead atoms. The lowest BCUT2D eigenvalue weighted by atomic mass is 10.0. The van der Waals surface area contributed by atoms with E-state index < -0.39 is 0 Å². The first-order valence-corrected chi connectivity index (χ1v) is 10.7. The molecule has 0 radical (unpaired) electrons. The molecule has 1 aliphatic carbocycles. The first kappa shape index (κ1) is 23.3. The number of aliphatic imine (C=N–C) groups is 1. The third-order valence-corrected chi connectivity index (χ3v) is 5.64. The average Bonchev–Trinajstić information content (AvgIpc) is 3.22. The van der Waals surface area contributed by atoms with Crippen LogP contribution in [0.1, 0.15) is 52.4 Å². The van der Waals surface area contributed by atoms with E-state index in [2.05, 4.69) is 29.4 Å². The number of hydrogen-bond donors (Lipinski definition) is 2. The monoisotopic (exact) mass is 500 g/mol. The number of ether oxygens (including phenoxy) is 1. The summed E-state index contributed by atoms with van der Waals surface area (Å²) in [5.74, 6) is 1.82. The van der Waals surface area contributed by atoms with Crippen LogP contribution in [0.2, 0.25) is 0 Å². The fourth-order valence-electron chi connectivity index (χ4n) is 4.18. The molecule has 1 heterocycles. The van der Waals surface area contributed by atoms with Crippen LogP contribution in [0.25, 0.3) is 0 Å². The Morgan fingerprint density at radius 1 is 1.14 bits per heavy atom. The molecule has 2 N–H and O–H groups in total. The standard InChI is InChI=1S/C22H36N4O.HI/c1-3-23-22(24-17-18(2)27-21-11-5-4-6-12-21)25-19-13-15-26(16-14-19)20-9-7-8-10-20;/h4-6,11-12,18-20H,3,7-10,13-17H2,1-2H3,(H2,23,24,25);1H. The summed E-state index contributed by atoms with van der Waals surface area (Å²) in [6.07, 6.45) is 8.11. The number of rotatable bonds is 7. The van der Waals surface area contributed by atoms with Gasteiger partial charge in [0.15, 0.2) is 5.96 Å². The molecule has 2 fully saturated rings. The van der Waals surface area contributed by atoms with Crippen molar-refractivity contribution < 1.29 is 4.74 Å². The number of benzene rings is 1. The molecule has 0 amide bonds. The third kappa shape index (κ3) is 7.43. The molecule has 0 aromatic heterocycles. The predicted octanol–water partition coefficient (Wildman–Crippen LogP) is 4.03. The van der Waals surface area contributed by atoms with Gasteiger partial charge in [-0.1, -0.05) is 31.0 Å². The van der Waals surface area contributed by atoms with Gasteiger partial charge in [-0.3, -0.25) is 0 Å². The van der Waals surface area contributed by atoms with Crippen molar-refractivity contribution in [3.63, 3.8) is 0 Å². The maximum absolute atomic E-state index is 5.93. The summed E-state index contributed by atoms with van der Waals surface area (Å²) in [6.45, 7) is 8.14. The summed E-state index contributed by atoms with van der Waals surface area (Å²) in [5.41, 5.74) is 0. The van der Waals surface area contributed by atoms with Crippen molar-refractivity contribution in [1.82, 2.24) is 15.5 Å². The highest BCUT2D eigenvalue weighted by Crippen LogP contribution is 2.26. The molecule has 1 unspecified atom stereocenters. The van der Waals surface area contributed by atoms with Crippen molar-refractivity contribution in [2.45, 2.75) is 70.6 Å². The van der Waals surface area contributed by atoms with E-state index in [1.165, 1.54) is 51.6 Å². The highest BCUT2D eigenvalue weighted by Gasteiger charge is 2.27. The second-order valence-corrected chi connectivity index (χ2v) is 7.85. The Kier molecular flexibility index (Phi) is 10.4. The van der Waals surface area contributed by atoms with Gasteiger partial charge in [0.05, 0.1) is 6.54 Å². The van der Waals surface area contributed by atoms with Crippen LogP contribution >= 0.6 is 24.0 Å². The summed E-state index contributed by atoms with van der Waals surface area (Å²) < 4.78 is 5.93. The first-order chi connectivity index (χ1) is 13.2. The lowest BCUT2D eigenvalue weighted by Crippen LogP contribution is -2.50. The molecule has 5 nitrogen and oxygen atoms in total. The number of guanidine groups is 1. The summed E-state index contributed by atoms with van der Waals surface area (Å²) >= 11 is 0. The van der Waals surface area contributed by atoms with Crippen LogP contribution in [0.5, 0.6) is 5.75 Å². The maximum atomic E-state index is 5.93. The van der Waals surface area contributed by atoms with Crippen molar-refractivity contribution in [2.24, 2.45) is 4.99 Å². The van der Waals surface area contributed by atoms with Crippen LogP contribution in [-0.4, -0.2) is 55.2 Å². The van der Waals surface area contributed by atoms with Crippen LogP contribution in [0.4, 0.5) is 0 Å². The minimum absolute atomic E-state index is 0. The van der Waals surface area contributed by atoms with Gasteiger partial charge in [-0.25, -0.2) is 4.99 Å². The van der Waals surface area contributed by atoms with E-state index in [0.717, 1.165) is 24.3 Å². The number of nitrogens with zero attached hydrogens (tertiary/aromatic N) is 2. The molecule has 1 saturated heterocycles. The Bertz CT molecular complexity index is 569. The number of likely N-dealkylation sites (tertiary alicyclic amines) is 1. The Morgan fingerprint density at radius 2 is 1.82 bits per heavy atom. The maximum Gasteiger partial charge on any atom is 0.191 e. The van der Waals surface area contributed by atoms with Gasteiger partial charge in [0.2, 0.25) is 0 Å². The van der Waals surface area contributed by atoms with Crippen LogP contribution in [0.15, 0.2) is 35.3 Å². The summed E-state index contributed by atoms with van der Waals surface area (Å²) in [7, 11) is 0. The summed E-state index contributed by atoms with van der Waals surface area (Å²) in [5, 5.41) is 7.03. The number of halogens is 1. The minimum Gasteiger partial charge on any atom is -0.489 e. The van der Waals surface area contributed by atoms with Crippen molar-refractivity contribution in [2.75, 3.05) is 26.2 Å². The van der Waals surface area contributed by atoms with Gasteiger partial charge in [-0.05, 0) is 51.7 Å². The smallest absolute Gasteiger partial charge is 0.191 e. The van der Waals surface area contributed by atoms with Crippen molar-refractivity contribution in [3.8, 4) is 5.75 Å². The number of hydrogen-bond acceptors (Lipinski definition) is 3. The Hall–Kier alpha value is -1.02. The molecular formula is C22H37IN4O. The Labute approximate surface area is 187 Å². The molecule has 1 atom stereocenters. The molecule has 1 aromatic rings. The van der Waals surface area contributed by atoms with Gasteiger partial charge in [0, 0.05) is 31.7 Å². The van der Waals surface area contributed by atoms with E-state index in [1.54, 1.807) is 0 Å². The molecule has 1 aromatic carbocycles. The molecule has 0 spiro atoms. The van der Waals surface area contributed by atoms with E-state index in [0.29, 0.717) is 12.6 Å². The van der Waals surface area contributed by atoms with Crippen LogP contribution in [0.3, 0.4) is 0 Å². The van der Waals surface area contributed by atoms with Gasteiger partial charge in [-0.15, -0.1) is 24.0 Å². The number of nitrogens with one attached hydrogen (secondary N) is 2. The molecule has 1 saturated carbocycles. The second-order valence-electron chi connectivity index (χ2n) is 7.85. The fraction of sp³-hybridized carbons (Fsp3) is 0.682. The minimum atomic E-state index is 0. The average molecular weight is 500 g/mol. The highest BCUT2D eigenvalue weighted by atomic mass is 127. The lowest BCUT2D eigenvalue weighted by Gasteiger charge is -2.36. The van der Waals surface area contributed by atoms with Gasteiger partial charge >= 0.3 is 0 Å². The van der Waals surface area contributed by atoms with Crippen LogP contribution < -0.4 is 15.4 Å². The van der Waals surface area contributed by atoms with Gasteiger partial charge < -0.3 is 20.3 Å². The summed E-state index contributed by atoms with van der Waals surface area (Å²) in [4.78, 5) is 7.47. The zero-order valence-corrected chi connectivity index (χ0v) is 19.7. The van der Waals surface area contributed by atoms with Gasteiger partial charge in [0.25, 0.3) is 0 Å². The van der Waals surface area contributed by atoms with Gasteiger partial charge in [-0.2, -0.15) is 0 Å². The fourth-order valence-corrected chi connectivity index (χ4v) is 4.18. The number of para-hydroxylation sites is 1. The molecule has 3 rings (SSSR count). The zero-order chi connectivity index (χ0) is 18.9. The van der Waals surface area contributed by atoms with Crippen molar-refractivity contribution >= 4 is 29.9 Å². The molecular weight excluding hydrogens is 463 g/mol. The number of piperidine rings is 1. The van der Waals surface area contributed by atoms with Crippen LogP contribution in [0, 0.1) is 0 Å². The van der Waals surface area contributed by atoms with E-state index in [1.807, 2.05) is 30.3 Å². The molecule has 28 heavy (non-hydrogen) atoms. The largest absolute Gasteiger partial charge is 0.489 e. The van der Waals surface area contributed by atoms with E-state index >= 15 is 0 Å². The normalized spacial score (nSPS) is 20.4. The predicted molar refractivity (Wildman–Crippen MR) is 128 cm³/mol. The third-order valence-electron chi connectivity index (χ3n) is 5.64. The SMILES string of the molecule is CCNC(=NCC(C)Oc1ccccc1)NC1CCN(C2CCCC2)CC1.I. The van der Waals surface area contributed by atoms with Gasteiger partial charge in [0.1, 0.15) is 11.9 Å².